The molecule has 148 valence electrons. The highest BCUT2D eigenvalue weighted by molar-refractivity contribution is 7.86. The fraction of sp³-hybridized carbons (Fsp3) is 0.429. The molecule has 0 aliphatic heterocycles. The molecule has 0 aliphatic rings. The number of unbranched alkanes of at least 4 members (excludes halogenated alkanes) is 1. The van der Waals surface area contributed by atoms with E-state index in [1.165, 1.54) is 5.56 Å². The van der Waals surface area contributed by atoms with Gasteiger partial charge in [0.2, 0.25) is 0 Å². The van der Waals surface area contributed by atoms with Crippen molar-refractivity contribution in [3.63, 3.8) is 0 Å². The first-order chi connectivity index (χ1) is 12.6. The predicted octanol–water partition coefficient (Wildman–Crippen LogP) is 6.07. The number of hydrogen-bond acceptors (Lipinski definition) is 2. The highest BCUT2D eigenvalue weighted by Crippen LogP contribution is 2.30. The average molecular weight is 398 g/mol. The van der Waals surface area contributed by atoms with Crippen molar-refractivity contribution in [3.05, 3.63) is 59.9 Å². The molecule has 0 saturated heterocycles. The van der Waals surface area contributed by atoms with Crippen LogP contribution in [0.3, 0.4) is 0 Å². The van der Waals surface area contributed by atoms with Gasteiger partial charge in [0.25, 0.3) is 0 Å². The van der Waals surface area contributed by atoms with Gasteiger partial charge in [0.15, 0.2) is 0 Å². The molecule has 2 nitrogen and oxygen atoms in total. The Balaban J connectivity index is 1.77. The predicted molar refractivity (Wildman–Crippen MR) is 102 cm³/mol. The molecule has 0 bridgehead atoms. The number of hydrogen-bond donors (Lipinski definition) is 0. The Bertz CT molecular complexity index is 750. The molecule has 2 rings (SSSR count). The second-order valence-corrected chi connectivity index (χ2v) is 9.05. The summed E-state index contributed by atoms with van der Waals surface area (Å²) in [5.41, 5.74) is 1.25. The van der Waals surface area contributed by atoms with Gasteiger partial charge in [0.1, 0.15) is 22.4 Å². The van der Waals surface area contributed by atoms with Gasteiger partial charge in [-0.1, -0.05) is 32.9 Å². The Morgan fingerprint density at radius 3 is 2.07 bits per heavy atom. The van der Waals surface area contributed by atoms with Crippen LogP contribution < -0.4 is 4.74 Å². The van der Waals surface area contributed by atoms with E-state index in [1.807, 2.05) is 24.3 Å². The van der Waals surface area contributed by atoms with E-state index in [1.54, 1.807) is 0 Å². The molecule has 1 atom stereocenters. The minimum atomic E-state index is -3.35. The first-order valence-corrected chi connectivity index (χ1v) is 10.0. The SMILES string of the molecule is CC(C)(C)c1ccc(OCCCCC(F)(F)S(=O)c2ccc(F)cc2)cc1. The summed E-state index contributed by atoms with van der Waals surface area (Å²) in [6, 6.07) is 12.1. The molecule has 0 spiro atoms. The van der Waals surface area contributed by atoms with Gasteiger partial charge in [-0.15, -0.1) is 0 Å². The molecule has 2 aromatic carbocycles. The Kier molecular flexibility index (Phi) is 7.09. The topological polar surface area (TPSA) is 26.3 Å². The van der Waals surface area contributed by atoms with Crippen molar-refractivity contribution >= 4 is 10.8 Å². The van der Waals surface area contributed by atoms with Crippen molar-refractivity contribution in [1.82, 2.24) is 0 Å². The Labute approximate surface area is 161 Å². The Morgan fingerprint density at radius 2 is 1.52 bits per heavy atom. The molecule has 0 fully saturated rings. The van der Waals surface area contributed by atoms with Crippen molar-refractivity contribution in [2.75, 3.05) is 6.61 Å². The summed E-state index contributed by atoms with van der Waals surface area (Å²) in [5, 5.41) is -3.35. The molecule has 0 aromatic heterocycles. The maximum atomic E-state index is 14.1. The zero-order chi connectivity index (χ0) is 20.1. The molecular formula is C21H25F3O2S. The summed E-state index contributed by atoms with van der Waals surface area (Å²) >= 11 is 0. The highest BCUT2D eigenvalue weighted by atomic mass is 32.2. The van der Waals surface area contributed by atoms with E-state index in [4.69, 9.17) is 4.74 Å². The number of alkyl halides is 2. The summed E-state index contributed by atoms with van der Waals surface area (Å²) in [7, 11) is -2.50. The van der Waals surface area contributed by atoms with Gasteiger partial charge in [-0.25, -0.2) is 8.60 Å². The smallest absolute Gasteiger partial charge is 0.325 e. The van der Waals surface area contributed by atoms with Gasteiger partial charge in [-0.05, 0) is 60.2 Å². The van der Waals surface area contributed by atoms with Crippen LogP contribution in [-0.4, -0.2) is 16.1 Å². The van der Waals surface area contributed by atoms with Crippen LogP contribution in [0.5, 0.6) is 5.75 Å². The molecule has 0 N–H and O–H groups in total. The van der Waals surface area contributed by atoms with Gasteiger partial charge in [-0.2, -0.15) is 8.78 Å². The molecule has 27 heavy (non-hydrogen) atoms. The zero-order valence-electron chi connectivity index (χ0n) is 15.8. The largest absolute Gasteiger partial charge is 0.494 e. The Hall–Kier alpha value is -1.82. The number of rotatable bonds is 8. The monoisotopic (exact) mass is 398 g/mol. The van der Waals surface area contributed by atoms with E-state index >= 15 is 0 Å². The minimum Gasteiger partial charge on any atom is -0.494 e. The molecule has 6 heteroatoms. The second-order valence-electron chi connectivity index (χ2n) is 7.44. The fourth-order valence-electron chi connectivity index (χ4n) is 2.50. The highest BCUT2D eigenvalue weighted by Gasteiger charge is 2.37. The third-order valence-corrected chi connectivity index (χ3v) is 5.60. The van der Waals surface area contributed by atoms with Crippen molar-refractivity contribution in [3.8, 4) is 5.75 Å². The lowest BCUT2D eigenvalue weighted by Gasteiger charge is -2.19. The van der Waals surface area contributed by atoms with Crippen LogP contribution in [-0.2, 0) is 16.2 Å². The van der Waals surface area contributed by atoms with Gasteiger partial charge in [-0.3, -0.25) is 0 Å². The summed E-state index contributed by atoms with van der Waals surface area (Å²) in [6.07, 6.45) is 0.0978. The molecular weight excluding hydrogens is 373 g/mol. The lowest BCUT2D eigenvalue weighted by atomic mass is 9.87. The van der Waals surface area contributed by atoms with E-state index in [0.29, 0.717) is 18.8 Å². The third-order valence-electron chi connectivity index (χ3n) is 4.15. The van der Waals surface area contributed by atoms with E-state index in [-0.39, 0.29) is 16.7 Å². The summed E-state index contributed by atoms with van der Waals surface area (Å²) in [4.78, 5) is -0.0726. The van der Waals surface area contributed by atoms with Crippen LogP contribution in [0, 0.1) is 5.82 Å². The van der Waals surface area contributed by atoms with Gasteiger partial charge < -0.3 is 4.74 Å². The summed E-state index contributed by atoms with van der Waals surface area (Å²) in [5.74, 6) is 0.149. The molecule has 2 aromatic rings. The van der Waals surface area contributed by atoms with Crippen LogP contribution in [0.1, 0.15) is 45.6 Å². The Morgan fingerprint density at radius 1 is 0.926 bits per heavy atom. The number of halogens is 3. The maximum absolute atomic E-state index is 14.1. The van der Waals surface area contributed by atoms with Crippen LogP contribution in [0.2, 0.25) is 0 Å². The van der Waals surface area contributed by atoms with E-state index in [9.17, 15) is 17.4 Å². The van der Waals surface area contributed by atoms with Gasteiger partial charge in [0.05, 0.1) is 6.61 Å². The second kappa shape index (κ2) is 8.91. The summed E-state index contributed by atoms with van der Waals surface area (Å²) in [6.45, 7) is 6.69. The minimum absolute atomic E-state index is 0.0598. The standard InChI is InChI=1S/C21H25F3O2S/c1-20(2,3)16-6-10-18(11-7-16)26-15-5-4-14-21(23,24)27(25)19-12-8-17(22)9-13-19/h6-13H,4-5,14-15H2,1-3H3. The van der Waals surface area contributed by atoms with Crippen molar-refractivity contribution in [1.29, 1.82) is 0 Å². The molecule has 0 amide bonds. The number of ether oxygens (including phenoxy) is 1. The maximum Gasteiger partial charge on any atom is 0.325 e. The first kappa shape index (κ1) is 21.5. The average Bonchev–Trinajstić information content (AvgIpc) is 2.61. The summed E-state index contributed by atoms with van der Waals surface area (Å²) < 4.78 is 58.6. The molecule has 0 heterocycles. The third kappa shape index (κ3) is 6.38. The molecule has 0 aliphatic carbocycles. The number of benzene rings is 2. The van der Waals surface area contributed by atoms with Crippen LogP contribution in [0.15, 0.2) is 53.4 Å². The normalized spacial score (nSPS) is 13.4. The molecule has 1 unspecified atom stereocenters. The van der Waals surface area contributed by atoms with Crippen molar-refractivity contribution < 1.29 is 22.1 Å². The van der Waals surface area contributed by atoms with Crippen LogP contribution in [0.4, 0.5) is 13.2 Å². The van der Waals surface area contributed by atoms with Crippen LogP contribution >= 0.6 is 0 Å². The molecule has 0 radical (unpaired) electrons. The quantitative estimate of drug-likeness (QED) is 0.504. The van der Waals surface area contributed by atoms with E-state index < -0.39 is 28.3 Å². The van der Waals surface area contributed by atoms with Crippen LogP contribution in [0.25, 0.3) is 0 Å². The van der Waals surface area contributed by atoms with Gasteiger partial charge >= 0.3 is 5.25 Å². The fourth-order valence-corrected chi connectivity index (χ4v) is 3.56. The van der Waals surface area contributed by atoms with E-state index in [0.717, 1.165) is 24.3 Å². The van der Waals surface area contributed by atoms with Gasteiger partial charge in [0, 0.05) is 11.3 Å². The van der Waals surface area contributed by atoms with E-state index in [2.05, 4.69) is 20.8 Å². The molecule has 0 saturated carbocycles. The lowest BCUT2D eigenvalue weighted by molar-refractivity contribution is 0.0841. The zero-order valence-corrected chi connectivity index (χ0v) is 16.6. The van der Waals surface area contributed by atoms with Crippen molar-refractivity contribution in [2.24, 2.45) is 0 Å². The first-order valence-electron chi connectivity index (χ1n) is 8.88. The lowest BCUT2D eigenvalue weighted by Crippen LogP contribution is -2.23. The van der Waals surface area contributed by atoms with Crippen molar-refractivity contribution in [2.45, 2.75) is 55.6 Å².